The molecule has 4 aromatic rings. The van der Waals surface area contributed by atoms with Gasteiger partial charge in [0.15, 0.2) is 0 Å². The van der Waals surface area contributed by atoms with E-state index < -0.39 is 0 Å². The molecule has 0 atom stereocenters. The van der Waals surface area contributed by atoms with Crippen molar-refractivity contribution < 1.29 is 9.37 Å². The van der Waals surface area contributed by atoms with Gasteiger partial charge in [-0.25, -0.2) is 4.63 Å². The van der Waals surface area contributed by atoms with E-state index in [4.69, 9.17) is 9.37 Å². The predicted molar refractivity (Wildman–Crippen MR) is 87.0 cm³/mol. The maximum atomic E-state index is 5.51. The standard InChI is InChI=1S/C18H13N3O2/c1-22-18-5-3-13(12-6-8-19-9-7-12)10-15(18)14-2-4-16-17(11-14)21-23-20-16/h2-11H,1H3. The molecule has 0 amide bonds. The minimum atomic E-state index is 0.721. The molecule has 5 heteroatoms. The third kappa shape index (κ3) is 2.42. The summed E-state index contributed by atoms with van der Waals surface area (Å²) >= 11 is 0. The first kappa shape index (κ1) is 13.5. The van der Waals surface area contributed by atoms with Gasteiger partial charge in [0.2, 0.25) is 0 Å². The highest BCUT2D eigenvalue weighted by atomic mass is 16.6. The second-order valence-electron chi connectivity index (χ2n) is 5.12. The summed E-state index contributed by atoms with van der Waals surface area (Å²) in [5.74, 6) is 0.804. The predicted octanol–water partition coefficient (Wildman–Crippen LogP) is 3.96. The number of aromatic nitrogens is 3. The van der Waals surface area contributed by atoms with Gasteiger partial charge in [-0.05, 0) is 63.4 Å². The number of methoxy groups -OCH3 is 1. The highest BCUT2D eigenvalue weighted by Gasteiger charge is 2.10. The van der Waals surface area contributed by atoms with Gasteiger partial charge in [-0.2, -0.15) is 0 Å². The zero-order valence-corrected chi connectivity index (χ0v) is 12.4. The zero-order valence-electron chi connectivity index (χ0n) is 12.4. The van der Waals surface area contributed by atoms with Crippen molar-refractivity contribution in [2.75, 3.05) is 7.11 Å². The Hall–Kier alpha value is -3.21. The molecule has 0 saturated carbocycles. The average molecular weight is 303 g/mol. The molecule has 0 aliphatic carbocycles. The van der Waals surface area contributed by atoms with Crippen LogP contribution < -0.4 is 4.74 Å². The molecule has 2 aromatic heterocycles. The molecule has 5 nitrogen and oxygen atoms in total. The fraction of sp³-hybridized carbons (Fsp3) is 0.0556. The van der Waals surface area contributed by atoms with Gasteiger partial charge in [-0.3, -0.25) is 4.98 Å². The van der Waals surface area contributed by atoms with E-state index >= 15 is 0 Å². The average Bonchev–Trinajstić information content (AvgIpc) is 3.09. The van der Waals surface area contributed by atoms with Crippen LogP contribution in [0.5, 0.6) is 5.75 Å². The van der Waals surface area contributed by atoms with Crippen LogP contribution in [0.4, 0.5) is 0 Å². The van der Waals surface area contributed by atoms with E-state index in [1.807, 2.05) is 42.5 Å². The van der Waals surface area contributed by atoms with Crippen molar-refractivity contribution >= 4 is 11.0 Å². The van der Waals surface area contributed by atoms with Crippen LogP contribution in [0.3, 0.4) is 0 Å². The van der Waals surface area contributed by atoms with E-state index in [0.717, 1.165) is 39.0 Å². The Morgan fingerprint density at radius 1 is 0.783 bits per heavy atom. The lowest BCUT2D eigenvalue weighted by Gasteiger charge is -2.11. The van der Waals surface area contributed by atoms with Gasteiger partial charge >= 0.3 is 0 Å². The number of ether oxygens (including phenoxy) is 1. The quantitative estimate of drug-likeness (QED) is 0.573. The maximum Gasteiger partial charge on any atom is 0.135 e. The van der Waals surface area contributed by atoms with Gasteiger partial charge in [-0.15, -0.1) is 0 Å². The van der Waals surface area contributed by atoms with Crippen LogP contribution in [0.15, 0.2) is 65.6 Å². The molecule has 0 aliphatic heterocycles. The summed E-state index contributed by atoms with van der Waals surface area (Å²) in [5.41, 5.74) is 5.65. The number of pyridine rings is 1. The maximum absolute atomic E-state index is 5.51. The smallest absolute Gasteiger partial charge is 0.135 e. The molecular weight excluding hydrogens is 290 g/mol. The summed E-state index contributed by atoms with van der Waals surface area (Å²) in [5, 5.41) is 7.74. The molecular formula is C18H13N3O2. The van der Waals surface area contributed by atoms with Crippen LogP contribution in [-0.2, 0) is 0 Å². The lowest BCUT2D eigenvalue weighted by atomic mass is 9.98. The van der Waals surface area contributed by atoms with E-state index in [0.29, 0.717) is 0 Å². The summed E-state index contributed by atoms with van der Waals surface area (Å²) < 4.78 is 10.3. The normalized spacial score (nSPS) is 10.8. The molecule has 0 N–H and O–H groups in total. The monoisotopic (exact) mass is 303 g/mol. The molecule has 4 rings (SSSR count). The molecule has 0 bridgehead atoms. The van der Waals surface area contributed by atoms with Gasteiger partial charge in [0.1, 0.15) is 16.8 Å². The van der Waals surface area contributed by atoms with E-state index in [1.54, 1.807) is 19.5 Å². The Labute approximate surface area is 132 Å². The largest absolute Gasteiger partial charge is 0.496 e. The number of benzene rings is 2. The number of hydrogen-bond acceptors (Lipinski definition) is 5. The van der Waals surface area contributed by atoms with Crippen LogP contribution >= 0.6 is 0 Å². The van der Waals surface area contributed by atoms with Crippen molar-refractivity contribution in [3.05, 3.63) is 60.9 Å². The van der Waals surface area contributed by atoms with E-state index in [9.17, 15) is 0 Å². The lowest BCUT2D eigenvalue weighted by Crippen LogP contribution is -1.89. The SMILES string of the molecule is COc1ccc(-c2ccncc2)cc1-c1ccc2nonc2c1. The molecule has 0 radical (unpaired) electrons. The number of nitrogens with zero attached hydrogens (tertiary/aromatic N) is 3. The van der Waals surface area contributed by atoms with Crippen LogP contribution in [0.25, 0.3) is 33.3 Å². The lowest BCUT2D eigenvalue weighted by molar-refractivity contribution is 0.315. The van der Waals surface area contributed by atoms with Crippen LogP contribution in [0.2, 0.25) is 0 Å². The van der Waals surface area contributed by atoms with Crippen molar-refractivity contribution in [3.63, 3.8) is 0 Å². The molecule has 0 unspecified atom stereocenters. The summed E-state index contributed by atoms with van der Waals surface area (Å²) in [6.45, 7) is 0. The summed E-state index contributed by atoms with van der Waals surface area (Å²) in [6, 6.07) is 15.9. The first-order valence-electron chi connectivity index (χ1n) is 7.16. The Bertz CT molecular complexity index is 964. The first-order valence-corrected chi connectivity index (χ1v) is 7.16. The van der Waals surface area contributed by atoms with E-state index in [-0.39, 0.29) is 0 Å². The minimum absolute atomic E-state index is 0.721. The topological polar surface area (TPSA) is 61.0 Å². The number of rotatable bonds is 3. The Morgan fingerprint density at radius 3 is 2.39 bits per heavy atom. The van der Waals surface area contributed by atoms with Crippen molar-refractivity contribution in [1.82, 2.24) is 15.3 Å². The molecule has 112 valence electrons. The highest BCUT2D eigenvalue weighted by Crippen LogP contribution is 2.35. The minimum Gasteiger partial charge on any atom is -0.496 e. The third-order valence-electron chi connectivity index (χ3n) is 3.78. The number of hydrogen-bond donors (Lipinski definition) is 0. The molecule has 0 spiro atoms. The van der Waals surface area contributed by atoms with Gasteiger partial charge in [0.05, 0.1) is 7.11 Å². The second-order valence-corrected chi connectivity index (χ2v) is 5.12. The van der Waals surface area contributed by atoms with Gasteiger partial charge in [0.25, 0.3) is 0 Å². The van der Waals surface area contributed by atoms with Crippen LogP contribution in [0, 0.1) is 0 Å². The van der Waals surface area contributed by atoms with Crippen LogP contribution in [0.1, 0.15) is 0 Å². The zero-order chi connectivity index (χ0) is 15.6. The van der Waals surface area contributed by atoms with Gasteiger partial charge < -0.3 is 4.74 Å². The molecule has 0 saturated heterocycles. The van der Waals surface area contributed by atoms with Crippen molar-refractivity contribution in [2.45, 2.75) is 0 Å². The summed E-state index contributed by atoms with van der Waals surface area (Å²) in [4.78, 5) is 4.06. The Morgan fingerprint density at radius 2 is 1.57 bits per heavy atom. The van der Waals surface area contributed by atoms with Crippen molar-refractivity contribution in [2.24, 2.45) is 0 Å². The van der Waals surface area contributed by atoms with Gasteiger partial charge in [-0.1, -0.05) is 12.1 Å². The van der Waals surface area contributed by atoms with Crippen molar-refractivity contribution in [3.8, 4) is 28.0 Å². The van der Waals surface area contributed by atoms with E-state index in [1.165, 1.54) is 0 Å². The summed E-state index contributed by atoms with van der Waals surface area (Å²) in [6.07, 6.45) is 3.57. The van der Waals surface area contributed by atoms with Gasteiger partial charge in [0, 0.05) is 18.0 Å². The number of fused-ring (bicyclic) bond motifs is 1. The van der Waals surface area contributed by atoms with Crippen LogP contribution in [-0.4, -0.2) is 22.4 Å². The highest BCUT2D eigenvalue weighted by molar-refractivity contribution is 5.84. The fourth-order valence-corrected chi connectivity index (χ4v) is 2.61. The molecule has 23 heavy (non-hydrogen) atoms. The molecule has 2 heterocycles. The third-order valence-corrected chi connectivity index (χ3v) is 3.78. The Balaban J connectivity index is 1.88. The molecule has 0 aliphatic rings. The molecule has 0 fully saturated rings. The second kappa shape index (κ2) is 5.53. The Kier molecular flexibility index (Phi) is 3.24. The van der Waals surface area contributed by atoms with E-state index in [2.05, 4.69) is 21.4 Å². The molecule has 2 aromatic carbocycles. The fourth-order valence-electron chi connectivity index (χ4n) is 2.61. The summed E-state index contributed by atoms with van der Waals surface area (Å²) in [7, 11) is 1.67. The van der Waals surface area contributed by atoms with Crippen molar-refractivity contribution in [1.29, 1.82) is 0 Å². The first-order chi connectivity index (χ1) is 11.3.